The minimum atomic E-state index is 0.272. The van der Waals surface area contributed by atoms with Crippen molar-refractivity contribution >= 4 is 0 Å². The van der Waals surface area contributed by atoms with Crippen LogP contribution in [0.5, 0.6) is 11.5 Å². The Balaban J connectivity index is 1.43. The lowest BCUT2D eigenvalue weighted by atomic mass is 10.0. The highest BCUT2D eigenvalue weighted by Gasteiger charge is 2.26. The molecule has 0 bridgehead atoms. The largest absolute Gasteiger partial charge is 0.454 e. The van der Waals surface area contributed by atoms with Gasteiger partial charge >= 0.3 is 0 Å². The Morgan fingerprint density at radius 2 is 2.08 bits per heavy atom. The molecule has 126 valence electrons. The third-order valence-electron chi connectivity index (χ3n) is 4.68. The highest BCUT2D eigenvalue weighted by molar-refractivity contribution is 5.67. The maximum absolute atomic E-state index is 5.60. The zero-order chi connectivity index (χ0) is 16.6. The molecule has 6 nitrogen and oxygen atoms in total. The Bertz CT molecular complexity index is 908. The lowest BCUT2D eigenvalue weighted by molar-refractivity contribution is 0.174. The fourth-order valence-electron chi connectivity index (χ4n) is 3.42. The summed E-state index contributed by atoms with van der Waals surface area (Å²) in [5.41, 5.74) is 4.27. The summed E-state index contributed by atoms with van der Waals surface area (Å²) in [5.74, 6) is 2.52. The smallest absolute Gasteiger partial charge is 0.231 e. The van der Waals surface area contributed by atoms with Crippen molar-refractivity contribution in [1.29, 1.82) is 0 Å². The number of fused-ring (bicyclic) bond motifs is 2. The minimum Gasteiger partial charge on any atom is -0.454 e. The van der Waals surface area contributed by atoms with Crippen LogP contribution in [0.2, 0.25) is 0 Å². The van der Waals surface area contributed by atoms with E-state index in [0.717, 1.165) is 60.1 Å². The molecule has 0 spiro atoms. The van der Waals surface area contributed by atoms with Gasteiger partial charge in [-0.3, -0.25) is 9.88 Å². The number of ether oxygens (including phenoxy) is 2. The van der Waals surface area contributed by atoms with Gasteiger partial charge in [-0.25, -0.2) is 0 Å². The second-order valence-electron chi connectivity index (χ2n) is 6.32. The molecule has 1 aromatic carbocycles. The van der Waals surface area contributed by atoms with Gasteiger partial charge in [0.25, 0.3) is 0 Å². The molecule has 4 heterocycles. The van der Waals surface area contributed by atoms with Crippen LogP contribution < -0.4 is 9.47 Å². The van der Waals surface area contributed by atoms with Crippen molar-refractivity contribution in [1.82, 2.24) is 15.0 Å². The highest BCUT2D eigenvalue weighted by atomic mass is 16.7. The maximum atomic E-state index is 5.60. The van der Waals surface area contributed by atoms with Gasteiger partial charge in [-0.1, -0.05) is 11.2 Å². The average molecular weight is 335 g/mol. The predicted molar refractivity (Wildman–Crippen MR) is 90.1 cm³/mol. The van der Waals surface area contributed by atoms with Gasteiger partial charge in [0.1, 0.15) is 11.5 Å². The molecule has 5 rings (SSSR count). The third kappa shape index (κ3) is 2.64. The second kappa shape index (κ2) is 5.89. The molecule has 0 fully saturated rings. The summed E-state index contributed by atoms with van der Waals surface area (Å²) in [7, 11) is 0. The van der Waals surface area contributed by atoms with Crippen molar-refractivity contribution in [3.63, 3.8) is 0 Å². The van der Waals surface area contributed by atoms with E-state index >= 15 is 0 Å². The zero-order valence-corrected chi connectivity index (χ0v) is 13.6. The van der Waals surface area contributed by atoms with Gasteiger partial charge < -0.3 is 14.0 Å². The first-order chi connectivity index (χ1) is 12.4. The molecule has 0 atom stereocenters. The number of nitrogens with zero attached hydrogens (tertiary/aromatic N) is 3. The molecule has 2 aliphatic rings. The van der Waals surface area contributed by atoms with Gasteiger partial charge in [0.2, 0.25) is 6.79 Å². The minimum absolute atomic E-state index is 0.272. The maximum Gasteiger partial charge on any atom is 0.231 e. The lowest BCUT2D eigenvalue weighted by Gasteiger charge is -2.26. The molecule has 0 N–H and O–H groups in total. The predicted octanol–water partition coefficient (Wildman–Crippen LogP) is 3.02. The number of rotatable bonds is 3. The molecule has 0 saturated carbocycles. The second-order valence-corrected chi connectivity index (χ2v) is 6.32. The molecule has 0 amide bonds. The molecular formula is C19H17N3O3. The summed E-state index contributed by atoms with van der Waals surface area (Å²) in [4.78, 5) is 6.60. The van der Waals surface area contributed by atoms with Crippen LogP contribution in [-0.2, 0) is 19.5 Å². The van der Waals surface area contributed by atoms with Crippen molar-refractivity contribution in [2.75, 3.05) is 13.3 Å². The first kappa shape index (κ1) is 14.5. The van der Waals surface area contributed by atoms with Crippen molar-refractivity contribution in [3.05, 3.63) is 59.6 Å². The van der Waals surface area contributed by atoms with E-state index in [1.807, 2.05) is 30.5 Å². The quantitative estimate of drug-likeness (QED) is 0.733. The monoisotopic (exact) mass is 335 g/mol. The van der Waals surface area contributed by atoms with Crippen LogP contribution in [0, 0.1) is 0 Å². The molecule has 25 heavy (non-hydrogen) atoms. The first-order valence-electron chi connectivity index (χ1n) is 8.35. The molecule has 2 aliphatic heterocycles. The number of hydrogen-bond acceptors (Lipinski definition) is 6. The van der Waals surface area contributed by atoms with Gasteiger partial charge in [-0.2, -0.15) is 0 Å². The van der Waals surface area contributed by atoms with Crippen LogP contribution in [0.15, 0.2) is 47.2 Å². The van der Waals surface area contributed by atoms with Gasteiger partial charge in [0.15, 0.2) is 11.5 Å². The van der Waals surface area contributed by atoms with Crippen molar-refractivity contribution in [2.45, 2.75) is 19.5 Å². The first-order valence-corrected chi connectivity index (χ1v) is 8.35. The Kier molecular flexibility index (Phi) is 3.41. The van der Waals surface area contributed by atoms with Crippen molar-refractivity contribution < 1.29 is 14.0 Å². The van der Waals surface area contributed by atoms with E-state index in [4.69, 9.17) is 14.0 Å². The molecule has 3 aromatic rings. The summed E-state index contributed by atoms with van der Waals surface area (Å²) in [5, 5.41) is 4.32. The third-order valence-corrected chi connectivity index (χ3v) is 4.68. The van der Waals surface area contributed by atoms with E-state index in [9.17, 15) is 0 Å². The van der Waals surface area contributed by atoms with Crippen LogP contribution in [0.1, 0.15) is 16.9 Å². The summed E-state index contributed by atoms with van der Waals surface area (Å²) in [6, 6.07) is 9.98. The van der Waals surface area contributed by atoms with Gasteiger partial charge in [-0.15, -0.1) is 0 Å². The highest BCUT2D eigenvalue weighted by Crippen LogP contribution is 2.38. The molecular weight excluding hydrogens is 318 g/mol. The van der Waals surface area contributed by atoms with Gasteiger partial charge in [0, 0.05) is 49.6 Å². The van der Waals surface area contributed by atoms with E-state index < -0.39 is 0 Å². The van der Waals surface area contributed by atoms with E-state index in [0.29, 0.717) is 0 Å². The summed E-state index contributed by atoms with van der Waals surface area (Å²) in [6.45, 7) is 2.92. The molecule has 0 aliphatic carbocycles. The number of aromatic nitrogens is 2. The summed E-state index contributed by atoms with van der Waals surface area (Å²) in [6.07, 6.45) is 4.59. The number of benzene rings is 1. The van der Waals surface area contributed by atoms with Gasteiger partial charge in [0.05, 0.1) is 0 Å². The molecule has 0 radical (unpaired) electrons. The van der Waals surface area contributed by atoms with E-state index in [2.05, 4.69) is 21.1 Å². The number of hydrogen-bond donors (Lipinski definition) is 0. The van der Waals surface area contributed by atoms with Crippen LogP contribution in [0.4, 0.5) is 0 Å². The molecule has 0 saturated heterocycles. The topological polar surface area (TPSA) is 60.6 Å². The van der Waals surface area contributed by atoms with Crippen LogP contribution in [0.3, 0.4) is 0 Å². The van der Waals surface area contributed by atoms with Gasteiger partial charge in [-0.05, 0) is 29.8 Å². The molecule has 6 heteroatoms. The van der Waals surface area contributed by atoms with Crippen LogP contribution >= 0.6 is 0 Å². The van der Waals surface area contributed by atoms with Crippen molar-refractivity contribution in [2.24, 2.45) is 0 Å². The molecule has 2 aromatic heterocycles. The Hall–Kier alpha value is -2.86. The van der Waals surface area contributed by atoms with Crippen molar-refractivity contribution in [3.8, 4) is 22.8 Å². The Morgan fingerprint density at radius 1 is 1.12 bits per heavy atom. The zero-order valence-electron chi connectivity index (χ0n) is 13.6. The Morgan fingerprint density at radius 3 is 3.00 bits per heavy atom. The average Bonchev–Trinajstić information content (AvgIpc) is 3.28. The normalized spacial score (nSPS) is 16.0. The standard InChI is InChI=1S/C19H17N3O3/c1-2-13(9-20-6-1)10-22-7-5-16-15(11-22)19(21-25-16)14-3-4-17-18(8-14)24-12-23-17/h1-4,6,8-9H,5,7,10-12H2. The summed E-state index contributed by atoms with van der Waals surface area (Å²) >= 11 is 0. The Labute approximate surface area is 145 Å². The van der Waals surface area contributed by atoms with E-state index in [-0.39, 0.29) is 6.79 Å². The fourth-order valence-corrected chi connectivity index (χ4v) is 3.42. The van der Waals surface area contributed by atoms with Crippen LogP contribution in [0.25, 0.3) is 11.3 Å². The van der Waals surface area contributed by atoms with E-state index in [1.54, 1.807) is 6.20 Å². The summed E-state index contributed by atoms with van der Waals surface area (Å²) < 4.78 is 16.5. The van der Waals surface area contributed by atoms with Crippen LogP contribution in [-0.4, -0.2) is 28.4 Å². The number of pyridine rings is 1. The lowest BCUT2D eigenvalue weighted by Crippen LogP contribution is -2.29. The molecule has 0 unspecified atom stereocenters. The fraction of sp³-hybridized carbons (Fsp3) is 0.263. The SMILES string of the molecule is c1cncc(CN2CCc3onc(-c4ccc5c(c4)OCO5)c3C2)c1. The van der Waals surface area contributed by atoms with E-state index in [1.165, 1.54) is 5.56 Å².